The average molecular weight is 303 g/mol. The van der Waals surface area contributed by atoms with Crippen LogP contribution in [0.15, 0.2) is 23.0 Å². The van der Waals surface area contributed by atoms with Gasteiger partial charge in [0.25, 0.3) is 5.91 Å². The van der Waals surface area contributed by atoms with Gasteiger partial charge in [0, 0.05) is 24.7 Å². The molecule has 1 aliphatic carbocycles. The van der Waals surface area contributed by atoms with E-state index in [0.717, 1.165) is 25.9 Å². The van der Waals surface area contributed by atoms with Crippen LogP contribution in [-0.2, 0) is 0 Å². The van der Waals surface area contributed by atoms with Gasteiger partial charge in [0.15, 0.2) is 0 Å². The predicted molar refractivity (Wildman–Crippen MR) is 86.0 cm³/mol. The van der Waals surface area contributed by atoms with Gasteiger partial charge in [0.1, 0.15) is 5.69 Å². The van der Waals surface area contributed by atoms with Crippen molar-refractivity contribution >= 4 is 5.91 Å². The molecule has 3 rings (SSSR count). The van der Waals surface area contributed by atoms with Gasteiger partial charge >= 0.3 is 0 Å². The van der Waals surface area contributed by atoms with E-state index in [4.69, 9.17) is 0 Å². The number of nitrogens with zero attached hydrogens (tertiary/aromatic N) is 1. The SMILES string of the molecule is O=C(NC1CCCN(C2CCCCC2)C1)c1cccc(=O)[nH]1. The zero-order valence-electron chi connectivity index (χ0n) is 13.0. The molecule has 1 atom stereocenters. The highest BCUT2D eigenvalue weighted by molar-refractivity contribution is 5.92. The Labute approximate surface area is 131 Å². The van der Waals surface area contributed by atoms with E-state index in [1.54, 1.807) is 12.1 Å². The lowest BCUT2D eigenvalue weighted by Gasteiger charge is -2.40. The summed E-state index contributed by atoms with van der Waals surface area (Å²) < 4.78 is 0. The first-order valence-electron chi connectivity index (χ1n) is 8.46. The Morgan fingerprint density at radius 3 is 2.73 bits per heavy atom. The summed E-state index contributed by atoms with van der Waals surface area (Å²) in [6.45, 7) is 2.09. The topological polar surface area (TPSA) is 65.2 Å². The van der Waals surface area contributed by atoms with Gasteiger partial charge in [-0.15, -0.1) is 0 Å². The molecule has 1 saturated carbocycles. The highest BCUT2D eigenvalue weighted by atomic mass is 16.2. The molecule has 5 nitrogen and oxygen atoms in total. The first-order chi connectivity index (χ1) is 10.7. The molecule has 120 valence electrons. The van der Waals surface area contributed by atoms with E-state index in [1.165, 1.54) is 38.2 Å². The number of amides is 1. The summed E-state index contributed by atoms with van der Waals surface area (Å²) in [5.74, 6) is -0.173. The lowest BCUT2D eigenvalue weighted by molar-refractivity contribution is 0.0831. The monoisotopic (exact) mass is 303 g/mol. The lowest BCUT2D eigenvalue weighted by atomic mass is 9.92. The third-order valence-corrected chi connectivity index (χ3v) is 4.89. The second kappa shape index (κ2) is 7.09. The van der Waals surface area contributed by atoms with Crippen molar-refractivity contribution in [2.75, 3.05) is 13.1 Å². The zero-order chi connectivity index (χ0) is 15.4. The van der Waals surface area contributed by atoms with E-state index in [9.17, 15) is 9.59 Å². The summed E-state index contributed by atoms with van der Waals surface area (Å²) in [7, 11) is 0. The number of rotatable bonds is 3. The van der Waals surface area contributed by atoms with Crippen LogP contribution in [0.25, 0.3) is 0 Å². The van der Waals surface area contributed by atoms with Gasteiger partial charge in [-0.2, -0.15) is 0 Å². The zero-order valence-corrected chi connectivity index (χ0v) is 13.0. The smallest absolute Gasteiger partial charge is 0.268 e. The van der Waals surface area contributed by atoms with Gasteiger partial charge in [0.05, 0.1) is 0 Å². The maximum atomic E-state index is 12.2. The molecule has 0 spiro atoms. The quantitative estimate of drug-likeness (QED) is 0.896. The van der Waals surface area contributed by atoms with E-state index < -0.39 is 0 Å². The minimum atomic E-state index is -0.236. The number of carbonyl (C=O) groups is 1. The number of aromatic nitrogens is 1. The number of carbonyl (C=O) groups excluding carboxylic acids is 1. The molecule has 1 saturated heterocycles. The van der Waals surface area contributed by atoms with E-state index in [-0.39, 0.29) is 17.5 Å². The van der Waals surface area contributed by atoms with Crippen molar-refractivity contribution in [3.63, 3.8) is 0 Å². The van der Waals surface area contributed by atoms with Gasteiger partial charge in [-0.1, -0.05) is 25.3 Å². The van der Waals surface area contributed by atoms with E-state index >= 15 is 0 Å². The molecule has 1 aromatic rings. The minimum absolute atomic E-state index is 0.173. The van der Waals surface area contributed by atoms with Crippen LogP contribution >= 0.6 is 0 Å². The van der Waals surface area contributed by atoms with Crippen molar-refractivity contribution < 1.29 is 4.79 Å². The molecule has 2 fully saturated rings. The van der Waals surface area contributed by atoms with Crippen molar-refractivity contribution in [1.29, 1.82) is 0 Å². The molecule has 1 unspecified atom stereocenters. The third-order valence-electron chi connectivity index (χ3n) is 4.89. The van der Waals surface area contributed by atoms with Crippen LogP contribution in [0.4, 0.5) is 0 Å². The second-order valence-electron chi connectivity index (χ2n) is 6.53. The number of pyridine rings is 1. The molecule has 0 radical (unpaired) electrons. The highest BCUT2D eigenvalue weighted by Gasteiger charge is 2.27. The van der Waals surface area contributed by atoms with Crippen molar-refractivity contribution in [2.24, 2.45) is 0 Å². The highest BCUT2D eigenvalue weighted by Crippen LogP contribution is 2.25. The van der Waals surface area contributed by atoms with E-state index in [1.807, 2.05) is 0 Å². The molecule has 1 aromatic heterocycles. The minimum Gasteiger partial charge on any atom is -0.347 e. The third kappa shape index (κ3) is 3.77. The molecule has 1 amide bonds. The lowest BCUT2D eigenvalue weighted by Crippen LogP contribution is -2.51. The van der Waals surface area contributed by atoms with Crippen LogP contribution in [-0.4, -0.2) is 41.0 Å². The Balaban J connectivity index is 1.57. The van der Waals surface area contributed by atoms with Gasteiger partial charge in [-0.05, 0) is 38.3 Å². The molecule has 2 N–H and O–H groups in total. The normalized spacial score (nSPS) is 24.1. The van der Waals surface area contributed by atoms with Gasteiger partial charge in [-0.3, -0.25) is 14.5 Å². The molecule has 2 aliphatic rings. The largest absolute Gasteiger partial charge is 0.347 e. The fourth-order valence-electron chi connectivity index (χ4n) is 3.75. The van der Waals surface area contributed by atoms with Crippen molar-refractivity contribution in [3.05, 3.63) is 34.2 Å². The number of hydrogen-bond acceptors (Lipinski definition) is 3. The number of piperidine rings is 1. The average Bonchev–Trinajstić information content (AvgIpc) is 2.56. The number of H-pyrrole nitrogens is 1. The van der Waals surface area contributed by atoms with Crippen LogP contribution in [0, 0.1) is 0 Å². The summed E-state index contributed by atoms with van der Waals surface area (Å²) in [5, 5.41) is 3.08. The summed E-state index contributed by atoms with van der Waals surface area (Å²) in [5.41, 5.74) is 0.113. The van der Waals surface area contributed by atoms with Crippen LogP contribution in [0.3, 0.4) is 0 Å². The molecule has 5 heteroatoms. The molecule has 0 bridgehead atoms. The standard InChI is InChI=1S/C17H25N3O2/c21-16-10-4-9-15(19-16)17(22)18-13-6-5-11-20(12-13)14-7-2-1-3-8-14/h4,9-10,13-14H,1-3,5-8,11-12H2,(H,18,22)(H,19,21). The fraction of sp³-hybridized carbons (Fsp3) is 0.647. The maximum Gasteiger partial charge on any atom is 0.268 e. The maximum absolute atomic E-state index is 12.2. The summed E-state index contributed by atoms with van der Waals surface area (Å²) in [4.78, 5) is 28.7. The number of likely N-dealkylation sites (tertiary alicyclic amines) is 1. The number of hydrogen-bond donors (Lipinski definition) is 2. The molecule has 2 heterocycles. The number of nitrogens with one attached hydrogen (secondary N) is 2. The van der Waals surface area contributed by atoms with Crippen LogP contribution in [0.1, 0.15) is 55.4 Å². The Kier molecular flexibility index (Phi) is 4.93. The van der Waals surface area contributed by atoms with Gasteiger partial charge < -0.3 is 10.3 Å². The van der Waals surface area contributed by atoms with Crippen molar-refractivity contribution in [3.8, 4) is 0 Å². The molecular weight excluding hydrogens is 278 g/mol. The summed E-state index contributed by atoms with van der Waals surface area (Å²) >= 11 is 0. The van der Waals surface area contributed by atoms with Gasteiger partial charge in [0.2, 0.25) is 5.56 Å². The molecule has 22 heavy (non-hydrogen) atoms. The fourth-order valence-corrected chi connectivity index (χ4v) is 3.75. The second-order valence-corrected chi connectivity index (χ2v) is 6.53. The van der Waals surface area contributed by atoms with Crippen molar-refractivity contribution in [1.82, 2.24) is 15.2 Å². The Hall–Kier alpha value is -1.62. The number of aromatic amines is 1. The Morgan fingerprint density at radius 1 is 1.14 bits per heavy atom. The Morgan fingerprint density at radius 2 is 1.95 bits per heavy atom. The first kappa shape index (κ1) is 15.3. The first-order valence-corrected chi connectivity index (χ1v) is 8.46. The van der Waals surface area contributed by atoms with Crippen LogP contribution < -0.4 is 10.9 Å². The van der Waals surface area contributed by atoms with Crippen molar-refractivity contribution in [2.45, 2.75) is 57.0 Å². The van der Waals surface area contributed by atoms with Gasteiger partial charge in [-0.25, -0.2) is 0 Å². The van der Waals surface area contributed by atoms with E-state index in [0.29, 0.717) is 11.7 Å². The molecular formula is C17H25N3O2. The summed E-state index contributed by atoms with van der Waals surface area (Å²) in [6, 6.07) is 5.57. The van der Waals surface area contributed by atoms with Crippen LogP contribution in [0.2, 0.25) is 0 Å². The predicted octanol–water partition coefficient (Wildman–Crippen LogP) is 1.90. The molecule has 1 aliphatic heterocycles. The Bertz CT molecular complexity index is 563. The molecule has 0 aromatic carbocycles. The van der Waals surface area contributed by atoms with Crippen LogP contribution in [0.5, 0.6) is 0 Å². The van der Waals surface area contributed by atoms with E-state index in [2.05, 4.69) is 15.2 Å². The summed E-state index contributed by atoms with van der Waals surface area (Å²) in [6.07, 6.45) is 8.79.